The first-order valence-electron chi connectivity index (χ1n) is 5.04. The Morgan fingerprint density at radius 2 is 2.19 bits per heavy atom. The van der Waals surface area contributed by atoms with Crippen molar-refractivity contribution in [2.75, 3.05) is 5.73 Å². The molecule has 3 rings (SSSR count). The van der Waals surface area contributed by atoms with Crippen LogP contribution in [0.4, 0.5) is 5.69 Å². The predicted octanol–water partition coefficient (Wildman–Crippen LogP) is 2.95. The number of anilines is 1. The van der Waals surface area contributed by atoms with Gasteiger partial charge in [0.05, 0.1) is 22.3 Å². The fourth-order valence-electron chi connectivity index (χ4n) is 1.78. The predicted molar refractivity (Wildman–Crippen MR) is 67.7 cm³/mol. The fourth-order valence-corrected chi connectivity index (χ4v) is 2.64. The van der Waals surface area contributed by atoms with Crippen molar-refractivity contribution in [1.29, 1.82) is 0 Å². The minimum atomic E-state index is 0.759. The van der Waals surface area contributed by atoms with Crippen LogP contribution in [0, 0.1) is 6.92 Å². The van der Waals surface area contributed by atoms with Crippen molar-refractivity contribution in [3.8, 4) is 10.7 Å². The molecule has 3 nitrogen and oxygen atoms in total. The van der Waals surface area contributed by atoms with Crippen molar-refractivity contribution in [2.24, 2.45) is 0 Å². The van der Waals surface area contributed by atoms with Crippen LogP contribution in [0.3, 0.4) is 0 Å². The minimum absolute atomic E-state index is 0.759. The lowest BCUT2D eigenvalue weighted by Gasteiger charge is -2.00. The standard InChI is InChI=1S/C12H11N3S/c1-8-4-5-11(16-8)12-14-7-10-9(13)3-2-6-15(10)12/h2-7H,13H2,1H3. The first-order chi connectivity index (χ1) is 7.75. The number of nitrogen functional groups attached to an aromatic ring is 1. The quantitative estimate of drug-likeness (QED) is 0.697. The molecule has 3 heterocycles. The second kappa shape index (κ2) is 3.35. The van der Waals surface area contributed by atoms with E-state index in [0.29, 0.717) is 0 Å². The minimum Gasteiger partial charge on any atom is -0.397 e. The van der Waals surface area contributed by atoms with E-state index in [4.69, 9.17) is 5.73 Å². The molecule has 0 aliphatic rings. The molecule has 2 N–H and O–H groups in total. The third-order valence-corrected chi connectivity index (χ3v) is 3.56. The smallest absolute Gasteiger partial charge is 0.154 e. The van der Waals surface area contributed by atoms with E-state index in [0.717, 1.165) is 17.0 Å². The van der Waals surface area contributed by atoms with E-state index in [1.165, 1.54) is 9.75 Å². The Kier molecular flexibility index (Phi) is 1.97. The Morgan fingerprint density at radius 3 is 2.94 bits per heavy atom. The second-order valence-corrected chi connectivity index (χ2v) is 5.00. The number of hydrogen-bond acceptors (Lipinski definition) is 3. The lowest BCUT2D eigenvalue weighted by atomic mass is 10.3. The Labute approximate surface area is 97.2 Å². The van der Waals surface area contributed by atoms with Crippen molar-refractivity contribution < 1.29 is 0 Å². The summed E-state index contributed by atoms with van der Waals surface area (Å²) in [5.74, 6) is 0.959. The molecule has 0 saturated carbocycles. The number of aryl methyl sites for hydroxylation is 1. The Balaban J connectivity index is 2.29. The summed E-state index contributed by atoms with van der Waals surface area (Å²) in [4.78, 5) is 6.89. The van der Waals surface area contributed by atoms with Gasteiger partial charge >= 0.3 is 0 Å². The largest absolute Gasteiger partial charge is 0.397 e. The van der Waals surface area contributed by atoms with Gasteiger partial charge in [-0.25, -0.2) is 4.98 Å². The summed E-state index contributed by atoms with van der Waals surface area (Å²) in [6.07, 6.45) is 3.81. The SMILES string of the molecule is Cc1ccc(-c2ncc3c(N)cccn23)s1. The Morgan fingerprint density at radius 1 is 1.31 bits per heavy atom. The van der Waals surface area contributed by atoms with E-state index in [2.05, 4.69) is 24.0 Å². The lowest BCUT2D eigenvalue weighted by molar-refractivity contribution is 1.17. The Bertz CT molecular complexity index is 651. The van der Waals surface area contributed by atoms with Gasteiger partial charge in [0.25, 0.3) is 0 Å². The van der Waals surface area contributed by atoms with Crippen LogP contribution >= 0.6 is 11.3 Å². The van der Waals surface area contributed by atoms with Crippen molar-refractivity contribution in [3.05, 3.63) is 41.5 Å². The number of rotatable bonds is 1. The van der Waals surface area contributed by atoms with Gasteiger partial charge in [0.15, 0.2) is 5.82 Å². The maximum absolute atomic E-state index is 5.90. The first kappa shape index (κ1) is 9.42. The van der Waals surface area contributed by atoms with Gasteiger partial charge in [0.1, 0.15) is 0 Å². The summed E-state index contributed by atoms with van der Waals surface area (Å²) in [7, 11) is 0. The third-order valence-electron chi connectivity index (χ3n) is 2.56. The molecule has 0 spiro atoms. The molecular formula is C12H11N3S. The average Bonchev–Trinajstić information content (AvgIpc) is 2.84. The second-order valence-electron chi connectivity index (χ2n) is 3.71. The highest BCUT2D eigenvalue weighted by Crippen LogP contribution is 2.28. The number of fused-ring (bicyclic) bond motifs is 1. The number of pyridine rings is 1. The van der Waals surface area contributed by atoms with Crippen LogP contribution in [-0.2, 0) is 0 Å². The molecule has 0 aliphatic carbocycles. The summed E-state index contributed by atoms with van der Waals surface area (Å²) in [5, 5.41) is 0. The summed E-state index contributed by atoms with van der Waals surface area (Å²) >= 11 is 1.74. The highest BCUT2D eigenvalue weighted by molar-refractivity contribution is 7.15. The molecule has 0 atom stereocenters. The maximum atomic E-state index is 5.90. The number of nitrogens with two attached hydrogens (primary N) is 1. The first-order valence-corrected chi connectivity index (χ1v) is 5.86. The monoisotopic (exact) mass is 229 g/mol. The molecule has 0 aliphatic heterocycles. The molecule has 4 heteroatoms. The van der Waals surface area contributed by atoms with Gasteiger partial charge in [0.2, 0.25) is 0 Å². The maximum Gasteiger partial charge on any atom is 0.154 e. The summed E-state index contributed by atoms with van der Waals surface area (Å²) in [6, 6.07) is 8.03. The van der Waals surface area contributed by atoms with E-state index >= 15 is 0 Å². The zero-order valence-corrected chi connectivity index (χ0v) is 9.66. The number of aromatic nitrogens is 2. The molecule has 0 radical (unpaired) electrons. The summed E-state index contributed by atoms with van der Waals surface area (Å²) in [5.41, 5.74) is 7.62. The Hall–Kier alpha value is -1.81. The molecule has 80 valence electrons. The highest BCUT2D eigenvalue weighted by Gasteiger charge is 2.09. The molecule has 0 aromatic carbocycles. The number of thiophene rings is 1. The van der Waals surface area contributed by atoms with Gasteiger partial charge in [-0.1, -0.05) is 0 Å². The number of nitrogens with zero attached hydrogens (tertiary/aromatic N) is 2. The average molecular weight is 229 g/mol. The molecule has 16 heavy (non-hydrogen) atoms. The van der Waals surface area contributed by atoms with Crippen LogP contribution < -0.4 is 5.73 Å². The van der Waals surface area contributed by atoms with Crippen molar-refractivity contribution >= 4 is 22.5 Å². The van der Waals surface area contributed by atoms with Crippen molar-refractivity contribution in [3.63, 3.8) is 0 Å². The van der Waals surface area contributed by atoms with Crippen LogP contribution in [0.15, 0.2) is 36.7 Å². The normalized spacial score (nSPS) is 11.1. The molecule has 0 saturated heterocycles. The molecule has 3 aromatic rings. The van der Waals surface area contributed by atoms with E-state index in [1.54, 1.807) is 11.3 Å². The van der Waals surface area contributed by atoms with Crippen LogP contribution in [0.25, 0.3) is 16.2 Å². The van der Waals surface area contributed by atoms with Crippen LogP contribution in [-0.4, -0.2) is 9.38 Å². The summed E-state index contributed by atoms with van der Waals surface area (Å²) < 4.78 is 2.03. The molecule has 3 aromatic heterocycles. The van der Waals surface area contributed by atoms with Gasteiger partial charge in [-0.2, -0.15) is 0 Å². The van der Waals surface area contributed by atoms with Gasteiger partial charge in [-0.3, -0.25) is 4.40 Å². The van der Waals surface area contributed by atoms with E-state index in [1.807, 2.05) is 28.9 Å². The molecule has 0 unspecified atom stereocenters. The van der Waals surface area contributed by atoms with Gasteiger partial charge < -0.3 is 5.73 Å². The van der Waals surface area contributed by atoms with Crippen LogP contribution in [0.5, 0.6) is 0 Å². The van der Waals surface area contributed by atoms with Crippen LogP contribution in [0.1, 0.15) is 4.88 Å². The summed E-state index contributed by atoms with van der Waals surface area (Å²) in [6.45, 7) is 2.10. The van der Waals surface area contributed by atoms with Crippen LogP contribution in [0.2, 0.25) is 0 Å². The zero-order valence-electron chi connectivity index (χ0n) is 8.84. The molecule has 0 bridgehead atoms. The van der Waals surface area contributed by atoms with Gasteiger partial charge in [-0.05, 0) is 31.2 Å². The molecule has 0 amide bonds. The van der Waals surface area contributed by atoms with Gasteiger partial charge in [-0.15, -0.1) is 11.3 Å². The van der Waals surface area contributed by atoms with E-state index in [9.17, 15) is 0 Å². The van der Waals surface area contributed by atoms with Gasteiger partial charge in [0, 0.05) is 11.1 Å². The highest BCUT2D eigenvalue weighted by atomic mass is 32.1. The van der Waals surface area contributed by atoms with Crippen molar-refractivity contribution in [2.45, 2.75) is 6.92 Å². The molecular weight excluding hydrogens is 218 g/mol. The third kappa shape index (κ3) is 1.31. The fraction of sp³-hybridized carbons (Fsp3) is 0.0833. The number of imidazole rings is 1. The van der Waals surface area contributed by atoms with E-state index in [-0.39, 0.29) is 0 Å². The zero-order chi connectivity index (χ0) is 11.1. The lowest BCUT2D eigenvalue weighted by Crippen LogP contribution is -1.91. The number of hydrogen-bond donors (Lipinski definition) is 1. The van der Waals surface area contributed by atoms with E-state index < -0.39 is 0 Å². The molecule has 0 fully saturated rings. The van der Waals surface area contributed by atoms with Crippen molar-refractivity contribution in [1.82, 2.24) is 9.38 Å². The topological polar surface area (TPSA) is 43.3 Å².